The van der Waals surface area contributed by atoms with Gasteiger partial charge in [-0.25, -0.2) is 0 Å². The highest BCUT2D eigenvalue weighted by atomic mass is 16.5. The number of rotatable bonds is 6. The Hall–Kier alpha value is -0.380. The molecule has 1 saturated heterocycles. The summed E-state index contributed by atoms with van der Waals surface area (Å²) in [5, 5.41) is 8.69. The Bertz CT molecular complexity index is 288. The minimum atomic E-state index is 0.129. The molecule has 0 aromatic carbocycles. The van der Waals surface area contributed by atoms with Gasteiger partial charge in [0.2, 0.25) is 0 Å². The van der Waals surface area contributed by atoms with E-state index < -0.39 is 0 Å². The first-order valence-electron chi connectivity index (χ1n) is 7.33. The van der Waals surface area contributed by atoms with E-state index in [0.29, 0.717) is 12.5 Å². The van der Waals surface area contributed by atoms with Gasteiger partial charge in [0.1, 0.15) is 0 Å². The fourth-order valence-electron chi connectivity index (χ4n) is 3.34. The molecule has 3 nitrogen and oxygen atoms in total. The molecule has 1 fully saturated rings. The first-order chi connectivity index (χ1) is 8.70. The predicted molar refractivity (Wildman–Crippen MR) is 73.5 cm³/mol. The van der Waals surface area contributed by atoms with Gasteiger partial charge < -0.3 is 9.84 Å². The number of aliphatic hydroxyl groups is 1. The van der Waals surface area contributed by atoms with Crippen molar-refractivity contribution in [3.05, 3.63) is 11.6 Å². The molecule has 3 rings (SSSR count). The van der Waals surface area contributed by atoms with Crippen molar-refractivity contribution < 1.29 is 9.84 Å². The van der Waals surface area contributed by atoms with Crippen LogP contribution in [0.25, 0.3) is 0 Å². The van der Waals surface area contributed by atoms with E-state index in [0.717, 1.165) is 25.0 Å². The first kappa shape index (κ1) is 14.0. The molecule has 18 heavy (non-hydrogen) atoms. The Labute approximate surface area is 111 Å². The van der Waals surface area contributed by atoms with Gasteiger partial charge in [0.25, 0.3) is 0 Å². The minimum Gasteiger partial charge on any atom is -0.394 e. The average molecular weight is 253 g/mol. The number of hydrogen-bond acceptors (Lipinski definition) is 3. The van der Waals surface area contributed by atoms with Crippen molar-refractivity contribution >= 4 is 0 Å². The Morgan fingerprint density at radius 2 is 2.17 bits per heavy atom. The van der Waals surface area contributed by atoms with E-state index in [1.165, 1.54) is 25.9 Å². The van der Waals surface area contributed by atoms with Gasteiger partial charge in [-0.05, 0) is 30.6 Å². The summed E-state index contributed by atoms with van der Waals surface area (Å²) >= 11 is 0. The van der Waals surface area contributed by atoms with Crippen LogP contribution in [-0.4, -0.2) is 49.5 Å². The van der Waals surface area contributed by atoms with Crippen LogP contribution < -0.4 is 0 Å². The van der Waals surface area contributed by atoms with Crippen molar-refractivity contribution in [3.8, 4) is 0 Å². The van der Waals surface area contributed by atoms with Gasteiger partial charge in [-0.2, -0.15) is 0 Å². The Morgan fingerprint density at radius 1 is 1.33 bits per heavy atom. The Morgan fingerprint density at radius 3 is 2.89 bits per heavy atom. The van der Waals surface area contributed by atoms with Crippen LogP contribution in [0.2, 0.25) is 0 Å². The number of nitrogens with zero attached hydrogens (tertiary/aromatic N) is 1. The lowest BCUT2D eigenvalue weighted by Gasteiger charge is -2.27. The van der Waals surface area contributed by atoms with Crippen LogP contribution in [0.1, 0.15) is 26.7 Å². The second kappa shape index (κ2) is 6.69. The van der Waals surface area contributed by atoms with E-state index >= 15 is 0 Å². The molecule has 0 aromatic heterocycles. The summed E-state index contributed by atoms with van der Waals surface area (Å²) in [4.78, 5) is 2.55. The van der Waals surface area contributed by atoms with Crippen molar-refractivity contribution in [1.29, 1.82) is 0 Å². The van der Waals surface area contributed by atoms with Crippen LogP contribution >= 0.6 is 0 Å². The molecule has 0 amide bonds. The minimum absolute atomic E-state index is 0.129. The number of aliphatic hydroxyl groups excluding tert-OH is 1. The second-order valence-electron chi connectivity index (χ2n) is 5.95. The maximum absolute atomic E-state index is 8.69. The highest BCUT2D eigenvalue weighted by Crippen LogP contribution is 2.36. The molecule has 2 heterocycles. The topological polar surface area (TPSA) is 32.7 Å². The van der Waals surface area contributed by atoms with Crippen molar-refractivity contribution in [2.45, 2.75) is 26.7 Å². The molecule has 104 valence electrons. The molecule has 3 heteroatoms. The lowest BCUT2D eigenvalue weighted by molar-refractivity contribution is 0.0718. The third-order valence-electron chi connectivity index (χ3n) is 4.21. The smallest absolute Gasteiger partial charge is 0.0698 e. The fourth-order valence-corrected chi connectivity index (χ4v) is 3.34. The van der Waals surface area contributed by atoms with Crippen LogP contribution in [0.5, 0.6) is 0 Å². The molecule has 1 N–H and O–H groups in total. The molecule has 2 unspecified atom stereocenters. The lowest BCUT2D eigenvalue weighted by Crippen LogP contribution is -2.32. The molecule has 0 saturated carbocycles. The Balaban J connectivity index is 1.85. The van der Waals surface area contributed by atoms with Crippen LogP contribution in [0.15, 0.2) is 11.6 Å². The van der Waals surface area contributed by atoms with Crippen LogP contribution in [-0.2, 0) is 4.74 Å². The van der Waals surface area contributed by atoms with Gasteiger partial charge in [-0.1, -0.05) is 25.5 Å². The quantitative estimate of drug-likeness (QED) is 0.580. The van der Waals surface area contributed by atoms with E-state index in [2.05, 4.69) is 24.8 Å². The molecule has 2 bridgehead atoms. The molecular weight excluding hydrogens is 226 g/mol. The summed E-state index contributed by atoms with van der Waals surface area (Å²) in [5.74, 6) is 2.21. The zero-order valence-corrected chi connectivity index (χ0v) is 11.8. The molecule has 0 spiro atoms. The molecule has 0 aromatic rings. The van der Waals surface area contributed by atoms with Crippen molar-refractivity contribution in [2.24, 2.45) is 17.8 Å². The van der Waals surface area contributed by atoms with Crippen molar-refractivity contribution in [3.63, 3.8) is 0 Å². The van der Waals surface area contributed by atoms with E-state index in [4.69, 9.17) is 9.84 Å². The highest BCUT2D eigenvalue weighted by Gasteiger charge is 2.31. The van der Waals surface area contributed by atoms with Crippen molar-refractivity contribution in [1.82, 2.24) is 4.90 Å². The Kier molecular flexibility index (Phi) is 5.22. The summed E-state index contributed by atoms with van der Waals surface area (Å²) in [6, 6.07) is 0. The molecule has 3 aliphatic rings. The summed E-state index contributed by atoms with van der Waals surface area (Å²) in [6.45, 7) is 9.38. The standard InChI is InChI=1S/C15H27NO2/c1-12(2)15-9-13-3-4-14(15)11-16(10-13)5-7-18-8-6-17/h9,12-14,17H,3-8,10-11H2,1-2H3. The fraction of sp³-hybridized carbons (Fsp3) is 0.867. The highest BCUT2D eigenvalue weighted by molar-refractivity contribution is 5.17. The monoisotopic (exact) mass is 253 g/mol. The summed E-state index contributed by atoms with van der Waals surface area (Å²) < 4.78 is 5.38. The van der Waals surface area contributed by atoms with Crippen LogP contribution in [0.3, 0.4) is 0 Å². The molecule has 1 aliphatic carbocycles. The third kappa shape index (κ3) is 3.56. The maximum Gasteiger partial charge on any atom is 0.0698 e. The zero-order chi connectivity index (χ0) is 13.0. The molecular formula is C15H27NO2. The molecule has 2 atom stereocenters. The van der Waals surface area contributed by atoms with E-state index in [1.807, 2.05) is 0 Å². The number of ether oxygens (including phenoxy) is 1. The van der Waals surface area contributed by atoms with E-state index in [9.17, 15) is 0 Å². The van der Waals surface area contributed by atoms with E-state index in [1.54, 1.807) is 5.57 Å². The predicted octanol–water partition coefficient (Wildman–Crippen LogP) is 1.92. The molecule has 0 radical (unpaired) electrons. The third-order valence-corrected chi connectivity index (χ3v) is 4.21. The lowest BCUT2D eigenvalue weighted by atomic mass is 9.79. The number of hydrogen-bond donors (Lipinski definition) is 1. The number of fused-ring (bicyclic) bond motifs is 3. The maximum atomic E-state index is 8.69. The average Bonchev–Trinajstić information content (AvgIpc) is 2.65. The van der Waals surface area contributed by atoms with Gasteiger partial charge in [0.15, 0.2) is 0 Å². The zero-order valence-electron chi connectivity index (χ0n) is 11.8. The van der Waals surface area contributed by atoms with Gasteiger partial charge in [-0.15, -0.1) is 0 Å². The summed E-state index contributed by atoms with van der Waals surface area (Å²) in [5.41, 5.74) is 1.69. The van der Waals surface area contributed by atoms with Gasteiger partial charge in [0, 0.05) is 19.6 Å². The SMILES string of the molecule is CC(C)C1=CC2CCC1CN(CCOCCO)C2. The van der Waals surface area contributed by atoms with Gasteiger partial charge in [-0.3, -0.25) is 4.90 Å². The largest absolute Gasteiger partial charge is 0.394 e. The van der Waals surface area contributed by atoms with Crippen LogP contribution in [0.4, 0.5) is 0 Å². The van der Waals surface area contributed by atoms with Gasteiger partial charge >= 0.3 is 0 Å². The molecule has 2 aliphatic heterocycles. The van der Waals surface area contributed by atoms with E-state index in [-0.39, 0.29) is 6.61 Å². The summed E-state index contributed by atoms with van der Waals surface area (Å²) in [7, 11) is 0. The first-order valence-corrected chi connectivity index (χ1v) is 7.33. The second-order valence-corrected chi connectivity index (χ2v) is 5.95. The van der Waals surface area contributed by atoms with Crippen molar-refractivity contribution in [2.75, 3.05) is 39.5 Å². The normalized spacial score (nSPS) is 28.6. The van der Waals surface area contributed by atoms with Crippen LogP contribution in [0, 0.1) is 17.8 Å². The van der Waals surface area contributed by atoms with Gasteiger partial charge in [0.05, 0.1) is 19.8 Å². The summed E-state index contributed by atoms with van der Waals surface area (Å²) in [6.07, 6.45) is 5.27.